The van der Waals surface area contributed by atoms with Gasteiger partial charge in [0.25, 0.3) is 0 Å². The van der Waals surface area contributed by atoms with Crippen LogP contribution in [0.15, 0.2) is 59.3 Å². The minimum Gasteiger partial charge on any atom is -0.368 e. The number of fused-ring (bicyclic) bond motifs is 1. The summed E-state index contributed by atoms with van der Waals surface area (Å²) in [4.78, 5) is 8.72. The molecule has 0 aliphatic carbocycles. The molecule has 2 aromatic heterocycles. The molecule has 0 atom stereocenters. The van der Waals surface area contributed by atoms with Crippen molar-refractivity contribution in [3.63, 3.8) is 0 Å². The number of aromatic nitrogens is 4. The Bertz CT molecular complexity index is 1070. The molecular formula is C18H15BrN6. The second-order valence-electron chi connectivity index (χ2n) is 5.70. The van der Waals surface area contributed by atoms with Gasteiger partial charge in [-0.3, -0.25) is 4.68 Å². The minimum atomic E-state index is 0.235. The molecule has 0 fully saturated rings. The first-order chi connectivity index (χ1) is 12.1. The average molecular weight is 395 g/mol. The summed E-state index contributed by atoms with van der Waals surface area (Å²) in [7, 11) is 1.90. The average Bonchev–Trinajstić information content (AvgIpc) is 3.01. The molecule has 3 N–H and O–H groups in total. The Morgan fingerprint density at radius 3 is 2.72 bits per heavy atom. The van der Waals surface area contributed by atoms with Crippen LogP contribution in [0.2, 0.25) is 0 Å². The number of halogens is 1. The van der Waals surface area contributed by atoms with Crippen molar-refractivity contribution in [3.8, 4) is 11.1 Å². The molecule has 2 heterocycles. The van der Waals surface area contributed by atoms with Gasteiger partial charge in [0.05, 0.1) is 11.7 Å². The molecule has 0 amide bonds. The highest BCUT2D eigenvalue weighted by Gasteiger charge is 2.10. The highest BCUT2D eigenvalue weighted by molar-refractivity contribution is 9.10. The molecule has 4 aromatic rings. The third-order valence-electron chi connectivity index (χ3n) is 3.84. The third kappa shape index (κ3) is 3.18. The minimum absolute atomic E-state index is 0.235. The lowest BCUT2D eigenvalue weighted by Crippen LogP contribution is -2.01. The maximum Gasteiger partial charge on any atom is 0.222 e. The standard InChI is InChI=1S/C18H15BrN6/c1-25-10-12(9-21-25)11-5-6-16-15(7-11)17(24-18(20)23-16)22-14-4-2-3-13(19)8-14/h2-10H,1H3,(H3,20,22,23,24). The zero-order valence-corrected chi connectivity index (χ0v) is 15.0. The van der Waals surface area contributed by atoms with Gasteiger partial charge in [-0.1, -0.05) is 28.1 Å². The van der Waals surface area contributed by atoms with E-state index in [1.54, 1.807) is 4.68 Å². The van der Waals surface area contributed by atoms with E-state index < -0.39 is 0 Å². The first-order valence-corrected chi connectivity index (χ1v) is 8.47. The van der Waals surface area contributed by atoms with E-state index in [2.05, 4.69) is 36.3 Å². The molecule has 0 bridgehead atoms. The number of aryl methyl sites for hydroxylation is 1. The number of hydrogen-bond donors (Lipinski definition) is 2. The fourth-order valence-corrected chi connectivity index (χ4v) is 3.09. The van der Waals surface area contributed by atoms with Crippen LogP contribution in [0.3, 0.4) is 0 Å². The van der Waals surface area contributed by atoms with Gasteiger partial charge in [-0.2, -0.15) is 10.1 Å². The van der Waals surface area contributed by atoms with Crippen LogP contribution in [-0.2, 0) is 7.05 Å². The summed E-state index contributed by atoms with van der Waals surface area (Å²) in [5.41, 5.74) is 9.67. The third-order valence-corrected chi connectivity index (χ3v) is 4.33. The van der Waals surface area contributed by atoms with Gasteiger partial charge in [0, 0.05) is 34.4 Å². The predicted octanol–water partition coefficient (Wildman–Crippen LogP) is 4.12. The largest absolute Gasteiger partial charge is 0.368 e. The van der Waals surface area contributed by atoms with Crippen molar-refractivity contribution < 1.29 is 0 Å². The summed E-state index contributed by atoms with van der Waals surface area (Å²) in [5.74, 6) is 0.908. The van der Waals surface area contributed by atoms with Gasteiger partial charge in [-0.05, 0) is 35.9 Å². The maximum atomic E-state index is 5.88. The summed E-state index contributed by atoms with van der Waals surface area (Å²) >= 11 is 3.48. The molecule has 2 aromatic carbocycles. The molecule has 124 valence electrons. The SMILES string of the molecule is Cn1cc(-c2ccc3nc(N)nc(Nc4cccc(Br)c4)c3c2)cn1. The lowest BCUT2D eigenvalue weighted by molar-refractivity contribution is 0.768. The summed E-state index contributed by atoms with van der Waals surface area (Å²) in [6, 6.07) is 13.9. The summed E-state index contributed by atoms with van der Waals surface area (Å²) in [6.07, 6.45) is 3.81. The Kier molecular flexibility index (Phi) is 3.85. The van der Waals surface area contributed by atoms with Gasteiger partial charge >= 0.3 is 0 Å². The number of nitrogens with one attached hydrogen (secondary N) is 1. The topological polar surface area (TPSA) is 81.7 Å². The number of nitrogens with two attached hydrogens (primary N) is 1. The van der Waals surface area contributed by atoms with Crippen molar-refractivity contribution in [2.24, 2.45) is 7.05 Å². The highest BCUT2D eigenvalue weighted by atomic mass is 79.9. The molecule has 25 heavy (non-hydrogen) atoms. The molecule has 0 spiro atoms. The molecule has 0 unspecified atom stereocenters. The maximum absolute atomic E-state index is 5.88. The normalized spacial score (nSPS) is 11.0. The van der Waals surface area contributed by atoms with E-state index in [1.165, 1.54) is 0 Å². The van der Waals surface area contributed by atoms with Crippen molar-refractivity contribution in [2.45, 2.75) is 0 Å². The van der Waals surface area contributed by atoms with Crippen LogP contribution < -0.4 is 11.1 Å². The molecule has 0 aliphatic heterocycles. The summed E-state index contributed by atoms with van der Waals surface area (Å²) in [6.45, 7) is 0. The monoisotopic (exact) mass is 394 g/mol. The molecule has 0 saturated carbocycles. The fourth-order valence-electron chi connectivity index (χ4n) is 2.69. The second-order valence-corrected chi connectivity index (χ2v) is 6.62. The molecule has 4 rings (SSSR count). The lowest BCUT2D eigenvalue weighted by atomic mass is 10.1. The molecule has 0 saturated heterocycles. The van der Waals surface area contributed by atoms with Crippen LogP contribution in [0.25, 0.3) is 22.0 Å². The Balaban J connectivity index is 1.84. The van der Waals surface area contributed by atoms with Crippen LogP contribution >= 0.6 is 15.9 Å². The van der Waals surface area contributed by atoms with Crippen molar-refractivity contribution in [3.05, 3.63) is 59.3 Å². The molecule has 0 radical (unpaired) electrons. The Morgan fingerprint density at radius 1 is 1.08 bits per heavy atom. The molecule has 0 aliphatic rings. The Hall–Kier alpha value is -2.93. The van der Waals surface area contributed by atoms with Crippen LogP contribution in [0.4, 0.5) is 17.5 Å². The summed E-state index contributed by atoms with van der Waals surface area (Å²) in [5, 5.41) is 8.46. The van der Waals surface area contributed by atoms with Crippen LogP contribution in [0.5, 0.6) is 0 Å². The first kappa shape index (κ1) is 15.6. The summed E-state index contributed by atoms with van der Waals surface area (Å²) < 4.78 is 2.76. The number of nitrogen functional groups attached to an aromatic ring is 1. The lowest BCUT2D eigenvalue weighted by Gasteiger charge is -2.11. The van der Waals surface area contributed by atoms with Crippen molar-refractivity contribution in [2.75, 3.05) is 11.1 Å². The molecule has 6 nitrogen and oxygen atoms in total. The second kappa shape index (κ2) is 6.18. The Morgan fingerprint density at radius 2 is 1.96 bits per heavy atom. The van der Waals surface area contributed by atoms with Crippen LogP contribution in [-0.4, -0.2) is 19.7 Å². The zero-order valence-electron chi connectivity index (χ0n) is 13.4. The number of anilines is 3. The van der Waals surface area contributed by atoms with Crippen LogP contribution in [0.1, 0.15) is 0 Å². The number of hydrogen-bond acceptors (Lipinski definition) is 5. The number of rotatable bonds is 3. The molecular weight excluding hydrogens is 380 g/mol. The van der Waals surface area contributed by atoms with E-state index in [0.29, 0.717) is 5.82 Å². The zero-order chi connectivity index (χ0) is 17.4. The predicted molar refractivity (Wildman–Crippen MR) is 104 cm³/mol. The van der Waals surface area contributed by atoms with Crippen molar-refractivity contribution in [1.29, 1.82) is 0 Å². The van der Waals surface area contributed by atoms with Crippen molar-refractivity contribution >= 4 is 44.3 Å². The number of nitrogens with zero attached hydrogens (tertiary/aromatic N) is 4. The van der Waals surface area contributed by atoms with Gasteiger partial charge in [-0.15, -0.1) is 0 Å². The van der Waals surface area contributed by atoms with Gasteiger partial charge in [0.2, 0.25) is 5.95 Å². The van der Waals surface area contributed by atoms with Gasteiger partial charge < -0.3 is 11.1 Å². The first-order valence-electron chi connectivity index (χ1n) is 7.67. The van der Waals surface area contributed by atoms with E-state index in [-0.39, 0.29) is 5.95 Å². The molecule has 7 heteroatoms. The highest BCUT2D eigenvalue weighted by Crippen LogP contribution is 2.30. The van der Waals surface area contributed by atoms with E-state index in [4.69, 9.17) is 5.73 Å². The van der Waals surface area contributed by atoms with E-state index in [0.717, 1.165) is 32.2 Å². The quantitative estimate of drug-likeness (QED) is 0.546. The van der Waals surface area contributed by atoms with Crippen molar-refractivity contribution in [1.82, 2.24) is 19.7 Å². The van der Waals surface area contributed by atoms with Gasteiger partial charge in [0.1, 0.15) is 5.82 Å². The van der Waals surface area contributed by atoms with E-state index in [1.807, 2.05) is 61.9 Å². The van der Waals surface area contributed by atoms with Gasteiger partial charge in [0.15, 0.2) is 0 Å². The van der Waals surface area contributed by atoms with E-state index in [9.17, 15) is 0 Å². The van der Waals surface area contributed by atoms with E-state index >= 15 is 0 Å². The Labute approximate surface area is 152 Å². The smallest absolute Gasteiger partial charge is 0.222 e. The fraction of sp³-hybridized carbons (Fsp3) is 0.0556. The van der Waals surface area contributed by atoms with Crippen LogP contribution in [0, 0.1) is 0 Å². The van der Waals surface area contributed by atoms with Gasteiger partial charge in [-0.25, -0.2) is 4.98 Å². The number of benzene rings is 2.